The summed E-state index contributed by atoms with van der Waals surface area (Å²) < 4.78 is 12.9. The number of benzene rings is 2. The lowest BCUT2D eigenvalue weighted by Crippen LogP contribution is -2.33. The van der Waals surface area contributed by atoms with E-state index < -0.39 is 0 Å². The van der Waals surface area contributed by atoms with E-state index in [1.165, 1.54) is 24.3 Å². The molecular formula is C22H23FN2O2. The van der Waals surface area contributed by atoms with E-state index in [1.807, 2.05) is 19.1 Å². The van der Waals surface area contributed by atoms with Gasteiger partial charge in [-0.05, 0) is 68.1 Å². The molecule has 2 aromatic carbocycles. The van der Waals surface area contributed by atoms with E-state index in [2.05, 4.69) is 22.8 Å². The Morgan fingerprint density at radius 3 is 2.37 bits per heavy atom. The summed E-state index contributed by atoms with van der Waals surface area (Å²) >= 11 is 0. The zero-order valence-corrected chi connectivity index (χ0v) is 15.2. The topological polar surface area (TPSA) is 58.2 Å². The fourth-order valence-corrected chi connectivity index (χ4v) is 3.11. The van der Waals surface area contributed by atoms with E-state index in [0.29, 0.717) is 11.3 Å². The Hall–Kier alpha value is -2.95. The van der Waals surface area contributed by atoms with Crippen LogP contribution in [-0.2, 0) is 4.79 Å². The Morgan fingerprint density at radius 1 is 1.04 bits per heavy atom. The van der Waals surface area contributed by atoms with Gasteiger partial charge in [0, 0.05) is 17.2 Å². The number of carbonyl (C=O) groups excluding carboxylic acids is 2. The summed E-state index contributed by atoms with van der Waals surface area (Å²) in [5.41, 5.74) is 2.00. The second-order valence-electron chi connectivity index (χ2n) is 6.79. The van der Waals surface area contributed by atoms with Gasteiger partial charge in [0.05, 0.1) is 6.04 Å². The van der Waals surface area contributed by atoms with Crippen molar-refractivity contribution in [2.24, 2.45) is 5.92 Å². The van der Waals surface area contributed by atoms with E-state index in [0.717, 1.165) is 24.8 Å². The number of halogens is 1. The van der Waals surface area contributed by atoms with Crippen LogP contribution in [-0.4, -0.2) is 11.8 Å². The number of amides is 2. The van der Waals surface area contributed by atoms with Crippen LogP contribution in [0.5, 0.6) is 0 Å². The Morgan fingerprint density at radius 2 is 1.74 bits per heavy atom. The largest absolute Gasteiger partial charge is 0.349 e. The molecule has 27 heavy (non-hydrogen) atoms. The third-order valence-corrected chi connectivity index (χ3v) is 4.77. The number of carbonyl (C=O) groups is 2. The van der Waals surface area contributed by atoms with Gasteiger partial charge in [-0.1, -0.05) is 24.3 Å². The van der Waals surface area contributed by atoms with Crippen molar-refractivity contribution in [1.29, 1.82) is 0 Å². The first kappa shape index (κ1) is 18.8. The predicted octanol–water partition coefficient (Wildman–Crippen LogP) is 4.61. The number of allylic oxidation sites excluding steroid dienone is 2. The molecule has 5 heteroatoms. The highest BCUT2D eigenvalue weighted by molar-refractivity contribution is 6.04. The number of hydrogen-bond acceptors (Lipinski definition) is 2. The molecule has 0 fully saturated rings. The van der Waals surface area contributed by atoms with Crippen LogP contribution in [0.3, 0.4) is 0 Å². The van der Waals surface area contributed by atoms with Crippen LogP contribution >= 0.6 is 0 Å². The maximum absolute atomic E-state index is 12.9. The standard InChI is InChI=1S/C22H23FN2O2/c1-15(24-21(26)17-5-3-2-4-6-17)16-9-13-20(14-10-16)25-22(27)18-7-11-19(23)12-8-18/h2-3,7-15,17H,4-6H2,1H3,(H,24,26)(H,25,27). The number of anilines is 1. The maximum atomic E-state index is 12.9. The highest BCUT2D eigenvalue weighted by Crippen LogP contribution is 2.21. The van der Waals surface area contributed by atoms with Gasteiger partial charge in [-0.2, -0.15) is 0 Å². The van der Waals surface area contributed by atoms with Crippen molar-refractivity contribution in [3.8, 4) is 0 Å². The van der Waals surface area contributed by atoms with Gasteiger partial charge in [-0.25, -0.2) is 4.39 Å². The lowest BCUT2D eigenvalue weighted by Gasteiger charge is -2.21. The molecule has 2 atom stereocenters. The molecule has 4 nitrogen and oxygen atoms in total. The SMILES string of the molecule is CC(NC(=O)C1CC=CCC1)c1ccc(NC(=O)c2ccc(F)cc2)cc1. The summed E-state index contributed by atoms with van der Waals surface area (Å²) in [6.07, 6.45) is 6.83. The average Bonchev–Trinajstić information content (AvgIpc) is 2.69. The molecule has 0 heterocycles. The monoisotopic (exact) mass is 366 g/mol. The Kier molecular flexibility index (Phi) is 6.01. The minimum absolute atomic E-state index is 0.0479. The van der Waals surface area contributed by atoms with Crippen molar-refractivity contribution in [2.45, 2.75) is 32.2 Å². The first-order valence-electron chi connectivity index (χ1n) is 9.15. The summed E-state index contributed by atoms with van der Waals surface area (Å²) in [5, 5.41) is 5.84. The van der Waals surface area contributed by atoms with Gasteiger partial charge in [0.25, 0.3) is 5.91 Å². The van der Waals surface area contributed by atoms with Crippen LogP contribution in [0.1, 0.15) is 48.1 Å². The van der Waals surface area contributed by atoms with E-state index in [4.69, 9.17) is 0 Å². The first-order chi connectivity index (χ1) is 13.0. The molecule has 2 N–H and O–H groups in total. The molecular weight excluding hydrogens is 343 g/mol. The van der Waals surface area contributed by atoms with E-state index >= 15 is 0 Å². The smallest absolute Gasteiger partial charge is 0.255 e. The maximum Gasteiger partial charge on any atom is 0.255 e. The normalized spacial score (nSPS) is 17.2. The molecule has 0 spiro atoms. The zero-order valence-electron chi connectivity index (χ0n) is 15.2. The van der Waals surface area contributed by atoms with Crippen molar-refractivity contribution < 1.29 is 14.0 Å². The summed E-state index contributed by atoms with van der Waals surface area (Å²) in [7, 11) is 0. The lowest BCUT2D eigenvalue weighted by molar-refractivity contribution is -0.125. The van der Waals surface area contributed by atoms with Gasteiger partial charge >= 0.3 is 0 Å². The van der Waals surface area contributed by atoms with Crippen molar-refractivity contribution in [3.05, 3.63) is 77.6 Å². The molecule has 0 aromatic heterocycles. The zero-order chi connectivity index (χ0) is 19.2. The van der Waals surface area contributed by atoms with Crippen LogP contribution in [0.15, 0.2) is 60.7 Å². The second-order valence-corrected chi connectivity index (χ2v) is 6.79. The number of rotatable bonds is 5. The molecule has 1 aliphatic rings. The fraction of sp³-hybridized carbons (Fsp3) is 0.273. The quantitative estimate of drug-likeness (QED) is 0.759. The molecule has 2 unspecified atom stereocenters. The lowest BCUT2D eigenvalue weighted by atomic mass is 9.93. The van der Waals surface area contributed by atoms with E-state index in [-0.39, 0.29) is 29.6 Å². The first-order valence-corrected chi connectivity index (χ1v) is 9.15. The van der Waals surface area contributed by atoms with Gasteiger partial charge in [0.2, 0.25) is 5.91 Å². The van der Waals surface area contributed by atoms with Crippen LogP contribution < -0.4 is 10.6 Å². The second kappa shape index (κ2) is 8.62. The molecule has 0 aliphatic heterocycles. The third kappa shape index (κ3) is 5.03. The molecule has 0 saturated heterocycles. The highest BCUT2D eigenvalue weighted by atomic mass is 19.1. The number of nitrogens with one attached hydrogen (secondary N) is 2. The van der Waals surface area contributed by atoms with Gasteiger partial charge in [-0.15, -0.1) is 0 Å². The molecule has 140 valence electrons. The molecule has 3 rings (SSSR count). The fourth-order valence-electron chi connectivity index (χ4n) is 3.11. The van der Waals surface area contributed by atoms with Crippen LogP contribution in [0.4, 0.5) is 10.1 Å². The Labute approximate surface area is 158 Å². The summed E-state index contributed by atoms with van der Waals surface area (Å²) in [5.74, 6) is -0.544. The van der Waals surface area contributed by atoms with Crippen LogP contribution in [0.25, 0.3) is 0 Å². The van der Waals surface area contributed by atoms with Crippen molar-refractivity contribution >= 4 is 17.5 Å². The molecule has 2 aromatic rings. The highest BCUT2D eigenvalue weighted by Gasteiger charge is 2.20. The average molecular weight is 366 g/mol. The van der Waals surface area contributed by atoms with Crippen molar-refractivity contribution in [3.63, 3.8) is 0 Å². The number of hydrogen-bond donors (Lipinski definition) is 2. The van der Waals surface area contributed by atoms with Crippen LogP contribution in [0.2, 0.25) is 0 Å². The molecule has 0 saturated carbocycles. The van der Waals surface area contributed by atoms with Crippen LogP contribution in [0, 0.1) is 11.7 Å². The summed E-state index contributed by atoms with van der Waals surface area (Å²) in [6, 6.07) is 12.6. The molecule has 0 radical (unpaired) electrons. The third-order valence-electron chi connectivity index (χ3n) is 4.77. The minimum atomic E-state index is -0.379. The van der Waals surface area contributed by atoms with Gasteiger partial charge in [0.15, 0.2) is 0 Å². The van der Waals surface area contributed by atoms with Crippen molar-refractivity contribution in [1.82, 2.24) is 5.32 Å². The predicted molar refractivity (Wildman–Crippen MR) is 104 cm³/mol. The van der Waals surface area contributed by atoms with Gasteiger partial charge < -0.3 is 10.6 Å². The molecule has 0 bridgehead atoms. The minimum Gasteiger partial charge on any atom is -0.349 e. The Bertz CT molecular complexity index is 828. The summed E-state index contributed by atoms with van der Waals surface area (Å²) in [6.45, 7) is 1.95. The van der Waals surface area contributed by atoms with E-state index in [1.54, 1.807) is 12.1 Å². The van der Waals surface area contributed by atoms with E-state index in [9.17, 15) is 14.0 Å². The van der Waals surface area contributed by atoms with Gasteiger partial charge in [-0.3, -0.25) is 9.59 Å². The molecule has 1 aliphatic carbocycles. The molecule has 2 amide bonds. The summed E-state index contributed by atoms with van der Waals surface area (Å²) in [4.78, 5) is 24.5. The van der Waals surface area contributed by atoms with Gasteiger partial charge in [0.1, 0.15) is 5.82 Å². The Balaban J connectivity index is 1.57. The van der Waals surface area contributed by atoms with Crippen molar-refractivity contribution in [2.75, 3.05) is 5.32 Å².